The zero-order valence-corrected chi connectivity index (χ0v) is 10.8. The molecule has 2 atom stereocenters. The maximum atomic E-state index is 12.4. The maximum absolute atomic E-state index is 12.4. The second-order valence-corrected chi connectivity index (χ2v) is 5.50. The Kier molecular flexibility index (Phi) is 4.04. The minimum Gasteiger partial charge on any atom is -0.481 e. The molecule has 100 valence electrons. The van der Waals surface area contributed by atoms with Crippen LogP contribution < -0.4 is 0 Å². The molecule has 4 nitrogen and oxygen atoms in total. The largest absolute Gasteiger partial charge is 0.481 e. The number of likely N-dealkylation sites (tertiary alicyclic amines) is 1. The molecule has 2 rings (SSSR count). The first-order chi connectivity index (χ1) is 8.59. The molecule has 1 N–H and O–H groups in total. The third-order valence-electron chi connectivity index (χ3n) is 4.16. The number of rotatable bonds is 2. The van der Waals surface area contributed by atoms with E-state index in [0.717, 1.165) is 25.9 Å². The highest BCUT2D eigenvalue weighted by Crippen LogP contribution is 2.29. The predicted octanol–water partition coefficient (Wildman–Crippen LogP) is 1.91. The number of hydrogen-bond donors (Lipinski definition) is 1. The lowest BCUT2D eigenvalue weighted by atomic mass is 9.81. The highest BCUT2D eigenvalue weighted by molar-refractivity contribution is 5.85. The zero-order chi connectivity index (χ0) is 13.1. The van der Waals surface area contributed by atoms with E-state index in [1.807, 2.05) is 17.1 Å². The summed E-state index contributed by atoms with van der Waals surface area (Å²) >= 11 is 0. The summed E-state index contributed by atoms with van der Waals surface area (Å²) < 4.78 is 0. The first-order valence-electron chi connectivity index (χ1n) is 6.76. The Labute approximate surface area is 108 Å². The van der Waals surface area contributed by atoms with E-state index in [4.69, 9.17) is 0 Å². The van der Waals surface area contributed by atoms with E-state index < -0.39 is 11.9 Å². The summed E-state index contributed by atoms with van der Waals surface area (Å²) in [6.07, 6.45) is 6.94. The molecule has 0 radical (unpaired) electrons. The van der Waals surface area contributed by atoms with E-state index >= 15 is 0 Å². The molecule has 0 aromatic heterocycles. The molecule has 0 aromatic rings. The van der Waals surface area contributed by atoms with Crippen LogP contribution in [0.3, 0.4) is 0 Å². The predicted molar refractivity (Wildman–Crippen MR) is 68.0 cm³/mol. The van der Waals surface area contributed by atoms with Gasteiger partial charge in [0.1, 0.15) is 0 Å². The zero-order valence-electron chi connectivity index (χ0n) is 10.8. The first-order valence-corrected chi connectivity index (χ1v) is 6.76. The fourth-order valence-electron chi connectivity index (χ4n) is 2.82. The second-order valence-electron chi connectivity index (χ2n) is 5.50. The van der Waals surface area contributed by atoms with Gasteiger partial charge >= 0.3 is 5.97 Å². The molecule has 0 saturated carbocycles. The van der Waals surface area contributed by atoms with E-state index in [1.54, 1.807) is 0 Å². The number of nitrogens with zero attached hydrogens (tertiary/aromatic N) is 1. The minimum absolute atomic E-state index is 0.0404. The lowest BCUT2D eigenvalue weighted by Gasteiger charge is -2.35. The Morgan fingerprint density at radius 3 is 2.22 bits per heavy atom. The monoisotopic (exact) mass is 251 g/mol. The third-order valence-corrected chi connectivity index (χ3v) is 4.16. The van der Waals surface area contributed by atoms with Gasteiger partial charge < -0.3 is 10.0 Å². The van der Waals surface area contributed by atoms with Gasteiger partial charge in [-0.15, -0.1) is 0 Å². The molecule has 1 amide bonds. The van der Waals surface area contributed by atoms with Crippen molar-refractivity contribution in [1.82, 2.24) is 4.90 Å². The number of hydrogen-bond acceptors (Lipinski definition) is 2. The van der Waals surface area contributed by atoms with Gasteiger partial charge in [0.2, 0.25) is 5.91 Å². The number of carbonyl (C=O) groups excluding carboxylic acids is 1. The number of aliphatic carboxylic acids is 1. The summed E-state index contributed by atoms with van der Waals surface area (Å²) in [5.41, 5.74) is 0. The Hall–Kier alpha value is -1.32. The van der Waals surface area contributed by atoms with Gasteiger partial charge in [-0.25, -0.2) is 0 Å². The number of carboxylic acids is 1. The van der Waals surface area contributed by atoms with Crippen molar-refractivity contribution < 1.29 is 14.7 Å². The summed E-state index contributed by atoms with van der Waals surface area (Å²) in [5.74, 6) is -1.03. The third kappa shape index (κ3) is 2.74. The SMILES string of the molecule is CC1CCN(C(=O)[C@H]2CC=CC[C@H]2C(=O)O)CC1. The van der Waals surface area contributed by atoms with Crippen LogP contribution in [-0.2, 0) is 9.59 Å². The Bertz CT molecular complexity index is 356. The summed E-state index contributed by atoms with van der Waals surface area (Å²) in [7, 11) is 0. The Morgan fingerprint density at radius 1 is 1.11 bits per heavy atom. The maximum Gasteiger partial charge on any atom is 0.307 e. The fraction of sp³-hybridized carbons (Fsp3) is 0.714. The molecule has 1 saturated heterocycles. The highest BCUT2D eigenvalue weighted by atomic mass is 16.4. The van der Waals surface area contributed by atoms with Crippen LogP contribution in [0.25, 0.3) is 0 Å². The van der Waals surface area contributed by atoms with Crippen LogP contribution >= 0.6 is 0 Å². The average Bonchev–Trinajstić information content (AvgIpc) is 2.39. The molecular formula is C14H21NO3. The van der Waals surface area contributed by atoms with Crippen LogP contribution in [0.5, 0.6) is 0 Å². The van der Waals surface area contributed by atoms with E-state index in [-0.39, 0.29) is 11.8 Å². The Morgan fingerprint density at radius 2 is 1.67 bits per heavy atom. The molecule has 18 heavy (non-hydrogen) atoms. The summed E-state index contributed by atoms with van der Waals surface area (Å²) in [4.78, 5) is 25.5. The smallest absolute Gasteiger partial charge is 0.307 e. The molecular weight excluding hydrogens is 230 g/mol. The van der Waals surface area contributed by atoms with E-state index in [2.05, 4.69) is 6.92 Å². The van der Waals surface area contributed by atoms with E-state index in [9.17, 15) is 14.7 Å². The van der Waals surface area contributed by atoms with Crippen LogP contribution in [0, 0.1) is 17.8 Å². The number of carbonyl (C=O) groups is 2. The van der Waals surface area contributed by atoms with Gasteiger partial charge in [-0.05, 0) is 31.6 Å². The molecule has 0 unspecified atom stereocenters. The van der Waals surface area contributed by atoms with Gasteiger partial charge in [0.25, 0.3) is 0 Å². The van der Waals surface area contributed by atoms with Gasteiger partial charge in [0, 0.05) is 13.1 Å². The molecule has 1 aliphatic carbocycles. The molecule has 0 aromatic carbocycles. The van der Waals surface area contributed by atoms with Gasteiger partial charge in [-0.1, -0.05) is 19.1 Å². The Balaban J connectivity index is 2.03. The lowest BCUT2D eigenvalue weighted by molar-refractivity contribution is -0.151. The average molecular weight is 251 g/mol. The van der Waals surface area contributed by atoms with Crippen LogP contribution in [-0.4, -0.2) is 35.0 Å². The van der Waals surface area contributed by atoms with Crippen molar-refractivity contribution in [2.45, 2.75) is 32.6 Å². The number of piperidine rings is 1. The van der Waals surface area contributed by atoms with Gasteiger partial charge in [-0.3, -0.25) is 9.59 Å². The standard InChI is InChI=1S/C14H21NO3/c1-10-6-8-15(9-7-10)13(16)11-4-2-3-5-12(11)14(17)18/h2-3,10-12H,4-9H2,1H3,(H,17,18)/t11-,12+/m0/s1. The minimum atomic E-state index is -0.844. The van der Waals surface area contributed by atoms with E-state index in [1.165, 1.54) is 0 Å². The highest BCUT2D eigenvalue weighted by Gasteiger charge is 2.36. The van der Waals surface area contributed by atoms with Crippen molar-refractivity contribution in [1.29, 1.82) is 0 Å². The lowest BCUT2D eigenvalue weighted by Crippen LogP contribution is -2.45. The van der Waals surface area contributed by atoms with Crippen molar-refractivity contribution in [2.24, 2.45) is 17.8 Å². The van der Waals surface area contributed by atoms with Crippen LogP contribution in [0.1, 0.15) is 32.6 Å². The molecule has 2 aliphatic rings. The number of amides is 1. The molecule has 1 heterocycles. The van der Waals surface area contributed by atoms with Crippen molar-refractivity contribution >= 4 is 11.9 Å². The van der Waals surface area contributed by atoms with E-state index in [0.29, 0.717) is 18.8 Å². The molecule has 1 aliphatic heterocycles. The van der Waals surface area contributed by atoms with Crippen molar-refractivity contribution in [2.75, 3.05) is 13.1 Å². The van der Waals surface area contributed by atoms with Crippen molar-refractivity contribution in [3.05, 3.63) is 12.2 Å². The van der Waals surface area contributed by atoms with Crippen LogP contribution in [0.4, 0.5) is 0 Å². The van der Waals surface area contributed by atoms with Crippen molar-refractivity contribution in [3.8, 4) is 0 Å². The summed E-state index contributed by atoms with van der Waals surface area (Å²) in [5, 5.41) is 9.19. The second kappa shape index (κ2) is 5.55. The first kappa shape index (κ1) is 13.1. The van der Waals surface area contributed by atoms with Gasteiger partial charge in [0.15, 0.2) is 0 Å². The number of carboxylic acid groups (broad SMARTS) is 1. The molecule has 4 heteroatoms. The van der Waals surface area contributed by atoms with Crippen molar-refractivity contribution in [3.63, 3.8) is 0 Å². The molecule has 1 fully saturated rings. The quantitative estimate of drug-likeness (QED) is 0.763. The van der Waals surface area contributed by atoms with Crippen LogP contribution in [0.15, 0.2) is 12.2 Å². The summed E-state index contributed by atoms with van der Waals surface area (Å²) in [6, 6.07) is 0. The number of allylic oxidation sites excluding steroid dienone is 2. The summed E-state index contributed by atoms with van der Waals surface area (Å²) in [6.45, 7) is 3.77. The molecule has 0 bridgehead atoms. The fourth-order valence-corrected chi connectivity index (χ4v) is 2.82. The van der Waals surface area contributed by atoms with Gasteiger partial charge in [0.05, 0.1) is 11.8 Å². The normalized spacial score (nSPS) is 29.3. The topological polar surface area (TPSA) is 57.6 Å². The van der Waals surface area contributed by atoms with Gasteiger partial charge in [-0.2, -0.15) is 0 Å². The van der Waals surface area contributed by atoms with Crippen LogP contribution in [0.2, 0.25) is 0 Å². The molecule has 0 spiro atoms.